The Morgan fingerprint density at radius 2 is 1.88 bits per heavy atom. The highest BCUT2D eigenvalue weighted by Crippen LogP contribution is 2.16. The number of nitrogens with zero attached hydrogens (tertiary/aromatic N) is 4. The molecule has 1 aliphatic heterocycles. The summed E-state index contributed by atoms with van der Waals surface area (Å²) in [6.07, 6.45) is 3.41. The number of imidazole rings is 1. The first-order valence-corrected chi connectivity index (χ1v) is 9.60. The Kier molecular flexibility index (Phi) is 5.23. The molecule has 0 unspecified atom stereocenters. The highest BCUT2D eigenvalue weighted by Gasteiger charge is 2.29. The van der Waals surface area contributed by atoms with Crippen molar-refractivity contribution in [2.75, 3.05) is 31.5 Å². The van der Waals surface area contributed by atoms with E-state index in [1.165, 1.54) is 41.1 Å². The maximum absolute atomic E-state index is 12.9. The van der Waals surface area contributed by atoms with Crippen molar-refractivity contribution in [3.05, 3.63) is 42.6 Å². The van der Waals surface area contributed by atoms with Gasteiger partial charge >= 0.3 is 6.03 Å². The number of hydrogen-bond donors (Lipinski definition) is 1. The monoisotopic (exact) mass is 381 g/mol. The van der Waals surface area contributed by atoms with Crippen molar-refractivity contribution in [2.45, 2.75) is 11.4 Å². The predicted octanol–water partition coefficient (Wildman–Crippen LogP) is 1.49. The van der Waals surface area contributed by atoms with Crippen molar-refractivity contribution in [3.63, 3.8) is 0 Å². The van der Waals surface area contributed by atoms with Crippen LogP contribution in [-0.2, 0) is 17.1 Å². The molecule has 2 amide bonds. The predicted molar refractivity (Wildman–Crippen MR) is 93.6 cm³/mol. The summed E-state index contributed by atoms with van der Waals surface area (Å²) in [5.41, 5.74) is 0.485. The Labute approximate surface area is 151 Å². The molecule has 8 nitrogen and oxygen atoms in total. The van der Waals surface area contributed by atoms with Crippen LogP contribution >= 0.6 is 0 Å². The smallest absolute Gasteiger partial charge is 0.321 e. The summed E-state index contributed by atoms with van der Waals surface area (Å²) in [7, 11) is -1.97. The Morgan fingerprint density at radius 3 is 2.54 bits per heavy atom. The molecule has 10 heteroatoms. The van der Waals surface area contributed by atoms with Gasteiger partial charge in [0.1, 0.15) is 5.82 Å². The van der Waals surface area contributed by atoms with Crippen molar-refractivity contribution in [1.82, 2.24) is 18.8 Å². The third kappa shape index (κ3) is 4.02. The molecular formula is C16H20FN5O3S. The molecule has 0 spiro atoms. The highest BCUT2D eigenvalue weighted by atomic mass is 32.2. The number of aryl methyl sites for hydroxylation is 1. The lowest BCUT2D eigenvalue weighted by Gasteiger charge is -2.21. The van der Waals surface area contributed by atoms with Gasteiger partial charge in [0.2, 0.25) is 0 Å². The van der Waals surface area contributed by atoms with Crippen LogP contribution in [0.3, 0.4) is 0 Å². The summed E-state index contributed by atoms with van der Waals surface area (Å²) in [5.74, 6) is -0.381. The van der Waals surface area contributed by atoms with E-state index in [1.54, 1.807) is 16.5 Å². The lowest BCUT2D eigenvalue weighted by molar-refractivity contribution is 0.214. The zero-order valence-corrected chi connectivity index (χ0v) is 15.1. The van der Waals surface area contributed by atoms with Crippen molar-refractivity contribution in [2.24, 2.45) is 7.05 Å². The summed E-state index contributed by atoms with van der Waals surface area (Å²) in [5, 5.41) is 2.70. The van der Waals surface area contributed by atoms with E-state index in [2.05, 4.69) is 10.3 Å². The first kappa shape index (κ1) is 18.3. The largest absolute Gasteiger partial charge is 0.339 e. The number of anilines is 1. The Hall–Kier alpha value is -2.46. The van der Waals surface area contributed by atoms with Crippen LogP contribution in [0.15, 0.2) is 41.8 Å². The molecule has 1 saturated heterocycles. The number of hydrogen-bond acceptors (Lipinski definition) is 4. The van der Waals surface area contributed by atoms with Gasteiger partial charge in [-0.25, -0.2) is 22.6 Å². The molecule has 1 aromatic carbocycles. The molecule has 26 heavy (non-hydrogen) atoms. The molecule has 1 fully saturated rings. The lowest BCUT2D eigenvalue weighted by atomic mass is 10.3. The van der Waals surface area contributed by atoms with E-state index in [1.807, 2.05) is 0 Å². The second kappa shape index (κ2) is 7.42. The molecule has 0 atom stereocenters. The number of sulfonamides is 1. The highest BCUT2D eigenvalue weighted by molar-refractivity contribution is 7.89. The average Bonchev–Trinajstić information content (AvgIpc) is 2.90. The maximum Gasteiger partial charge on any atom is 0.321 e. The Morgan fingerprint density at radius 1 is 1.15 bits per heavy atom. The van der Waals surface area contributed by atoms with Crippen LogP contribution in [-0.4, -0.2) is 59.4 Å². The Balaban J connectivity index is 1.64. The SMILES string of the molecule is Cn1cnc(S(=O)(=O)N2CCCN(C(=O)Nc3ccc(F)cc3)CC2)c1. The number of carbonyl (C=O) groups excluding carboxylic acids is 1. The second-order valence-corrected chi connectivity index (χ2v) is 7.94. The molecule has 0 aliphatic carbocycles. The van der Waals surface area contributed by atoms with Gasteiger partial charge in [0.05, 0.1) is 6.33 Å². The van der Waals surface area contributed by atoms with Gasteiger partial charge in [-0.2, -0.15) is 4.31 Å². The molecular weight excluding hydrogens is 361 g/mol. The van der Waals surface area contributed by atoms with Crippen LogP contribution in [0.5, 0.6) is 0 Å². The third-order valence-electron chi connectivity index (χ3n) is 4.12. The van der Waals surface area contributed by atoms with Crippen LogP contribution in [0.4, 0.5) is 14.9 Å². The van der Waals surface area contributed by atoms with Crippen LogP contribution in [0.1, 0.15) is 6.42 Å². The van der Waals surface area contributed by atoms with Gasteiger partial charge in [-0.3, -0.25) is 0 Å². The van der Waals surface area contributed by atoms with Gasteiger partial charge < -0.3 is 14.8 Å². The van der Waals surface area contributed by atoms with Gasteiger partial charge in [-0.1, -0.05) is 0 Å². The van der Waals surface area contributed by atoms with E-state index in [-0.39, 0.29) is 30.0 Å². The third-order valence-corrected chi connectivity index (χ3v) is 5.91. The van der Waals surface area contributed by atoms with E-state index in [9.17, 15) is 17.6 Å². The topological polar surface area (TPSA) is 87.5 Å². The second-order valence-electron chi connectivity index (χ2n) is 6.06. The number of amides is 2. The van der Waals surface area contributed by atoms with Crippen LogP contribution in [0.25, 0.3) is 0 Å². The fourth-order valence-electron chi connectivity index (χ4n) is 2.73. The van der Waals surface area contributed by atoms with Crippen LogP contribution < -0.4 is 5.32 Å². The maximum atomic E-state index is 12.9. The van der Waals surface area contributed by atoms with E-state index >= 15 is 0 Å². The molecule has 2 heterocycles. The summed E-state index contributed by atoms with van der Waals surface area (Å²) < 4.78 is 41.2. The normalized spacial score (nSPS) is 16.3. The molecule has 1 aromatic heterocycles. The van der Waals surface area contributed by atoms with Gasteiger partial charge in [0.15, 0.2) is 5.03 Å². The molecule has 0 saturated carbocycles. The van der Waals surface area contributed by atoms with E-state index in [0.717, 1.165) is 0 Å². The summed E-state index contributed by atoms with van der Waals surface area (Å²) in [6, 6.07) is 5.14. The number of nitrogens with one attached hydrogen (secondary N) is 1. The Bertz CT molecular complexity index is 882. The van der Waals surface area contributed by atoms with Crippen molar-refractivity contribution >= 4 is 21.7 Å². The standard InChI is InChI=1S/C16H20FN5O3S/c1-20-11-15(18-12-20)26(24,25)22-8-2-7-21(9-10-22)16(23)19-14-5-3-13(17)4-6-14/h3-6,11-12H,2,7-10H2,1H3,(H,19,23). The summed E-state index contributed by atoms with van der Waals surface area (Å²) in [4.78, 5) is 17.8. The van der Waals surface area contributed by atoms with Gasteiger partial charge in [-0.05, 0) is 30.7 Å². The number of carbonyl (C=O) groups is 1. The molecule has 1 aliphatic rings. The first-order valence-electron chi connectivity index (χ1n) is 8.16. The lowest BCUT2D eigenvalue weighted by Crippen LogP contribution is -2.39. The zero-order chi connectivity index (χ0) is 18.7. The molecule has 2 aromatic rings. The molecule has 0 radical (unpaired) electrons. The summed E-state index contributed by atoms with van der Waals surface area (Å²) in [6.45, 7) is 1.20. The van der Waals surface area contributed by atoms with Crippen LogP contribution in [0.2, 0.25) is 0 Å². The quantitative estimate of drug-likeness (QED) is 0.873. The van der Waals surface area contributed by atoms with E-state index < -0.39 is 10.0 Å². The van der Waals surface area contributed by atoms with Gasteiger partial charge in [-0.15, -0.1) is 0 Å². The average molecular weight is 381 g/mol. The van der Waals surface area contributed by atoms with Gasteiger partial charge in [0, 0.05) is 45.1 Å². The molecule has 0 bridgehead atoms. The van der Waals surface area contributed by atoms with Crippen LogP contribution in [0, 0.1) is 5.82 Å². The van der Waals surface area contributed by atoms with E-state index in [4.69, 9.17) is 0 Å². The fourth-order valence-corrected chi connectivity index (χ4v) is 4.16. The number of rotatable bonds is 3. The van der Waals surface area contributed by atoms with Crippen molar-refractivity contribution in [3.8, 4) is 0 Å². The first-order chi connectivity index (χ1) is 12.4. The van der Waals surface area contributed by atoms with Crippen molar-refractivity contribution in [1.29, 1.82) is 0 Å². The zero-order valence-electron chi connectivity index (χ0n) is 14.3. The minimum Gasteiger partial charge on any atom is -0.339 e. The van der Waals surface area contributed by atoms with E-state index in [0.29, 0.717) is 25.2 Å². The number of halogens is 1. The minimum atomic E-state index is -3.68. The van der Waals surface area contributed by atoms with Gasteiger partial charge in [0.25, 0.3) is 10.0 Å². The molecule has 140 valence electrons. The molecule has 3 rings (SSSR count). The number of benzene rings is 1. The number of urea groups is 1. The molecule has 1 N–H and O–H groups in total. The number of aromatic nitrogens is 2. The minimum absolute atomic E-state index is 0.00390. The van der Waals surface area contributed by atoms with Crippen molar-refractivity contribution < 1.29 is 17.6 Å². The summed E-state index contributed by atoms with van der Waals surface area (Å²) >= 11 is 0. The fraction of sp³-hybridized carbons (Fsp3) is 0.375.